The maximum Gasteiger partial charge on any atom is 0.271 e. The molecule has 2 N–H and O–H groups in total. The summed E-state index contributed by atoms with van der Waals surface area (Å²) < 4.78 is 15.9. The Morgan fingerprint density at radius 1 is 0.808 bits per heavy atom. The molecule has 7 heteroatoms. The number of hydrogen-bond acceptors (Lipinski definition) is 5. The van der Waals surface area contributed by atoms with Crippen molar-refractivity contribution in [3.63, 3.8) is 0 Å². The molecule has 7 nitrogen and oxygen atoms in total. The van der Waals surface area contributed by atoms with Crippen LogP contribution in [0.1, 0.15) is 11.5 Å². The third kappa shape index (κ3) is 4.76. The van der Waals surface area contributed by atoms with Crippen molar-refractivity contribution in [1.29, 1.82) is 0 Å². The molecule has 0 saturated heterocycles. The summed E-state index contributed by atoms with van der Waals surface area (Å²) in [6.07, 6.45) is 1.67. The second-order valence-corrected chi connectivity index (χ2v) is 5.41. The Morgan fingerprint density at radius 2 is 1.35 bits per heavy atom. The summed E-state index contributed by atoms with van der Waals surface area (Å²) in [5.41, 5.74) is 0. The van der Waals surface area contributed by atoms with Crippen molar-refractivity contribution in [2.75, 3.05) is 0 Å². The van der Waals surface area contributed by atoms with Crippen molar-refractivity contribution >= 4 is 11.8 Å². The molecule has 0 aliphatic rings. The average molecular weight is 354 g/mol. The summed E-state index contributed by atoms with van der Waals surface area (Å²) in [5, 5.41) is 5.28. The number of benzene rings is 1. The molecular formula is C19H18N2O5. The minimum atomic E-state index is -1.35. The Labute approximate surface area is 149 Å². The number of hydrogen-bond donors (Lipinski definition) is 2. The molecule has 3 rings (SSSR count). The van der Waals surface area contributed by atoms with E-state index in [1.165, 1.54) is 12.5 Å². The van der Waals surface area contributed by atoms with Crippen LogP contribution in [0.15, 0.2) is 76.0 Å². The van der Waals surface area contributed by atoms with Crippen LogP contribution in [-0.2, 0) is 22.7 Å². The summed E-state index contributed by atoms with van der Waals surface area (Å²) in [6.45, 7) is 0.317. The number of nitrogens with one attached hydrogen (secondary N) is 2. The molecule has 0 radical (unpaired) electrons. The minimum absolute atomic E-state index is 0.159. The van der Waals surface area contributed by atoms with E-state index in [1.807, 2.05) is 6.07 Å². The first-order chi connectivity index (χ1) is 12.7. The molecule has 26 heavy (non-hydrogen) atoms. The van der Waals surface area contributed by atoms with Gasteiger partial charge in [0.2, 0.25) is 0 Å². The van der Waals surface area contributed by atoms with Crippen LogP contribution in [0.4, 0.5) is 0 Å². The highest BCUT2D eigenvalue weighted by molar-refractivity contribution is 6.03. The standard InChI is InChI=1S/C19H18N2O5/c22-18(20-12-15-8-4-10-24-15)17(26-14-6-2-1-3-7-14)19(23)21-13-16-9-5-11-25-16/h1-11,17H,12-13H2,(H,20,22)(H,21,23). The zero-order chi connectivity index (χ0) is 18.2. The van der Waals surface area contributed by atoms with Crippen LogP contribution in [0, 0.1) is 0 Å². The third-order valence-corrected chi connectivity index (χ3v) is 3.51. The van der Waals surface area contributed by atoms with Crippen molar-refractivity contribution < 1.29 is 23.2 Å². The Kier molecular flexibility index (Phi) is 5.72. The molecule has 2 aromatic heterocycles. The van der Waals surface area contributed by atoms with E-state index in [2.05, 4.69) is 10.6 Å². The van der Waals surface area contributed by atoms with Crippen LogP contribution >= 0.6 is 0 Å². The summed E-state index contributed by atoms with van der Waals surface area (Å²) in [4.78, 5) is 25.0. The average Bonchev–Trinajstić information content (AvgIpc) is 3.37. The van der Waals surface area contributed by atoms with Crippen molar-refractivity contribution in [2.45, 2.75) is 19.2 Å². The fourth-order valence-electron chi connectivity index (χ4n) is 2.22. The van der Waals surface area contributed by atoms with Gasteiger partial charge in [-0.15, -0.1) is 0 Å². The lowest BCUT2D eigenvalue weighted by Crippen LogP contribution is -2.48. The minimum Gasteiger partial charge on any atom is -0.471 e. The van der Waals surface area contributed by atoms with E-state index in [0.717, 1.165) is 0 Å². The predicted octanol–water partition coefficient (Wildman–Crippen LogP) is 2.25. The van der Waals surface area contributed by atoms with Gasteiger partial charge in [-0.25, -0.2) is 0 Å². The van der Waals surface area contributed by atoms with E-state index in [-0.39, 0.29) is 13.1 Å². The van der Waals surface area contributed by atoms with Gasteiger partial charge < -0.3 is 24.2 Å². The molecule has 0 aliphatic heterocycles. The van der Waals surface area contributed by atoms with Gasteiger partial charge in [-0.2, -0.15) is 0 Å². The van der Waals surface area contributed by atoms with E-state index in [0.29, 0.717) is 17.3 Å². The lowest BCUT2D eigenvalue weighted by molar-refractivity contribution is -0.139. The zero-order valence-electron chi connectivity index (χ0n) is 13.9. The monoisotopic (exact) mass is 354 g/mol. The van der Waals surface area contributed by atoms with Gasteiger partial charge in [0.25, 0.3) is 17.9 Å². The molecule has 134 valence electrons. The van der Waals surface area contributed by atoms with Crippen molar-refractivity contribution in [3.05, 3.63) is 78.6 Å². The Morgan fingerprint density at radius 3 is 1.81 bits per heavy atom. The lowest BCUT2D eigenvalue weighted by atomic mass is 10.2. The van der Waals surface area contributed by atoms with Crippen LogP contribution in [0.2, 0.25) is 0 Å². The maximum atomic E-state index is 12.5. The van der Waals surface area contributed by atoms with Gasteiger partial charge >= 0.3 is 0 Å². The molecule has 0 unspecified atom stereocenters. The topological polar surface area (TPSA) is 93.7 Å². The maximum absolute atomic E-state index is 12.5. The lowest BCUT2D eigenvalue weighted by Gasteiger charge is -2.18. The van der Waals surface area contributed by atoms with E-state index < -0.39 is 17.9 Å². The van der Waals surface area contributed by atoms with Gasteiger partial charge in [0.1, 0.15) is 17.3 Å². The van der Waals surface area contributed by atoms with Gasteiger partial charge in [-0.1, -0.05) is 18.2 Å². The van der Waals surface area contributed by atoms with Gasteiger partial charge in [0.05, 0.1) is 25.6 Å². The number of para-hydroxylation sites is 1. The first-order valence-electron chi connectivity index (χ1n) is 8.04. The van der Waals surface area contributed by atoms with Crippen molar-refractivity contribution in [3.8, 4) is 5.75 Å². The third-order valence-electron chi connectivity index (χ3n) is 3.51. The van der Waals surface area contributed by atoms with Crippen LogP contribution < -0.4 is 15.4 Å². The van der Waals surface area contributed by atoms with Gasteiger partial charge in [-0.05, 0) is 36.4 Å². The molecule has 0 fully saturated rings. The van der Waals surface area contributed by atoms with Gasteiger partial charge in [0.15, 0.2) is 0 Å². The molecular weight excluding hydrogens is 336 g/mol. The van der Waals surface area contributed by atoms with Crippen LogP contribution in [0.5, 0.6) is 5.75 Å². The summed E-state index contributed by atoms with van der Waals surface area (Å²) in [5.74, 6) is 0.434. The second kappa shape index (κ2) is 8.57. The highest BCUT2D eigenvalue weighted by atomic mass is 16.5. The van der Waals surface area contributed by atoms with E-state index >= 15 is 0 Å². The Hall–Kier alpha value is -3.48. The summed E-state index contributed by atoms with van der Waals surface area (Å²) in [7, 11) is 0. The van der Waals surface area contributed by atoms with Crippen LogP contribution in [0.25, 0.3) is 0 Å². The van der Waals surface area contributed by atoms with Crippen molar-refractivity contribution in [1.82, 2.24) is 10.6 Å². The highest BCUT2D eigenvalue weighted by Crippen LogP contribution is 2.12. The first-order valence-corrected chi connectivity index (χ1v) is 8.04. The molecule has 0 spiro atoms. The van der Waals surface area contributed by atoms with Crippen molar-refractivity contribution in [2.24, 2.45) is 0 Å². The normalized spacial score (nSPS) is 10.5. The summed E-state index contributed by atoms with van der Waals surface area (Å²) >= 11 is 0. The number of rotatable bonds is 8. The Balaban J connectivity index is 1.65. The molecule has 1 aromatic carbocycles. The summed E-state index contributed by atoms with van der Waals surface area (Å²) in [6, 6.07) is 15.6. The fourth-order valence-corrected chi connectivity index (χ4v) is 2.22. The smallest absolute Gasteiger partial charge is 0.271 e. The number of amides is 2. The molecule has 0 aliphatic carbocycles. The fraction of sp³-hybridized carbons (Fsp3) is 0.158. The molecule has 0 saturated carbocycles. The number of carbonyl (C=O) groups excluding carboxylic acids is 2. The van der Waals surface area contributed by atoms with E-state index in [1.54, 1.807) is 48.5 Å². The zero-order valence-corrected chi connectivity index (χ0v) is 13.9. The molecule has 0 atom stereocenters. The quantitative estimate of drug-likeness (QED) is 0.605. The highest BCUT2D eigenvalue weighted by Gasteiger charge is 2.29. The molecule has 2 amide bonds. The number of carbonyl (C=O) groups is 2. The second-order valence-electron chi connectivity index (χ2n) is 5.41. The van der Waals surface area contributed by atoms with Crippen LogP contribution in [0.3, 0.4) is 0 Å². The van der Waals surface area contributed by atoms with Gasteiger partial charge in [-0.3, -0.25) is 9.59 Å². The van der Waals surface area contributed by atoms with Crippen LogP contribution in [-0.4, -0.2) is 17.9 Å². The first kappa shape index (κ1) is 17.3. The molecule has 0 bridgehead atoms. The number of ether oxygens (including phenoxy) is 1. The largest absolute Gasteiger partial charge is 0.471 e. The van der Waals surface area contributed by atoms with Gasteiger partial charge in [0, 0.05) is 0 Å². The number of furan rings is 2. The molecule has 2 heterocycles. The van der Waals surface area contributed by atoms with E-state index in [4.69, 9.17) is 13.6 Å². The Bertz CT molecular complexity index is 763. The van der Waals surface area contributed by atoms with E-state index in [9.17, 15) is 9.59 Å². The predicted molar refractivity (Wildman–Crippen MR) is 92.0 cm³/mol. The molecule has 3 aromatic rings. The SMILES string of the molecule is O=C(NCc1ccco1)C(Oc1ccccc1)C(=O)NCc1ccco1.